The minimum Gasteiger partial charge on any atom is -0.478 e. The summed E-state index contributed by atoms with van der Waals surface area (Å²) in [6.45, 7) is 3.87. The molecule has 0 saturated carbocycles. The monoisotopic (exact) mass is 267 g/mol. The molecule has 3 heteroatoms. The van der Waals surface area contributed by atoms with Gasteiger partial charge in [0.05, 0.1) is 5.56 Å². The Hall–Kier alpha value is -2.29. The third-order valence-electron chi connectivity index (χ3n) is 3.77. The number of carbonyl (C=O) groups is 1. The van der Waals surface area contributed by atoms with Crippen LogP contribution in [0.2, 0.25) is 0 Å². The lowest BCUT2D eigenvalue weighted by Gasteiger charge is -2.19. The molecule has 0 aromatic heterocycles. The van der Waals surface area contributed by atoms with E-state index in [0.717, 1.165) is 25.1 Å². The molecule has 0 fully saturated rings. The van der Waals surface area contributed by atoms with E-state index in [0.29, 0.717) is 5.56 Å². The fourth-order valence-corrected chi connectivity index (χ4v) is 2.79. The Morgan fingerprint density at radius 1 is 1.25 bits per heavy atom. The summed E-state index contributed by atoms with van der Waals surface area (Å²) in [6, 6.07) is 13.7. The van der Waals surface area contributed by atoms with Crippen molar-refractivity contribution < 1.29 is 9.90 Å². The first-order valence-electron chi connectivity index (χ1n) is 6.80. The zero-order chi connectivity index (χ0) is 14.1. The third kappa shape index (κ3) is 2.39. The molecule has 1 heterocycles. The fraction of sp³-hybridized carbons (Fsp3) is 0.235. The summed E-state index contributed by atoms with van der Waals surface area (Å²) in [4.78, 5) is 13.3. The van der Waals surface area contributed by atoms with E-state index in [1.54, 1.807) is 12.1 Å². The lowest BCUT2D eigenvalue weighted by Crippen LogP contribution is -2.19. The molecule has 1 aliphatic rings. The van der Waals surface area contributed by atoms with Crippen molar-refractivity contribution >= 4 is 11.7 Å². The Balaban J connectivity index is 1.84. The van der Waals surface area contributed by atoms with Crippen LogP contribution in [0.3, 0.4) is 0 Å². The number of carboxylic acids is 1. The first-order chi connectivity index (χ1) is 9.63. The lowest BCUT2D eigenvalue weighted by atomic mass is 10.1. The van der Waals surface area contributed by atoms with Gasteiger partial charge in [-0.2, -0.15) is 0 Å². The summed E-state index contributed by atoms with van der Waals surface area (Å²) in [5.74, 6) is -0.871. The number of aromatic carboxylic acids is 1. The first kappa shape index (κ1) is 12.7. The van der Waals surface area contributed by atoms with Gasteiger partial charge in [0.1, 0.15) is 0 Å². The zero-order valence-electron chi connectivity index (χ0n) is 11.5. The van der Waals surface area contributed by atoms with E-state index in [-0.39, 0.29) is 0 Å². The largest absolute Gasteiger partial charge is 0.478 e. The molecule has 0 atom stereocenters. The van der Waals surface area contributed by atoms with Gasteiger partial charge >= 0.3 is 5.97 Å². The highest BCUT2D eigenvalue weighted by Crippen LogP contribution is 2.30. The van der Waals surface area contributed by atoms with E-state index in [2.05, 4.69) is 30.0 Å². The molecule has 1 aliphatic heterocycles. The summed E-state index contributed by atoms with van der Waals surface area (Å²) in [6.07, 6.45) is 1.07. The molecule has 0 aliphatic carbocycles. The van der Waals surface area contributed by atoms with Gasteiger partial charge in [0.25, 0.3) is 0 Å². The van der Waals surface area contributed by atoms with Gasteiger partial charge in [0.2, 0.25) is 0 Å². The van der Waals surface area contributed by atoms with Crippen molar-refractivity contribution in [3.05, 3.63) is 64.7 Å². The van der Waals surface area contributed by atoms with Crippen LogP contribution in [0.4, 0.5) is 5.69 Å². The number of hydrogen-bond donors (Lipinski definition) is 1. The van der Waals surface area contributed by atoms with Crippen LogP contribution in [-0.4, -0.2) is 17.6 Å². The highest BCUT2D eigenvalue weighted by molar-refractivity contribution is 5.87. The molecule has 0 saturated heterocycles. The van der Waals surface area contributed by atoms with Crippen LogP contribution < -0.4 is 4.90 Å². The second-order valence-electron chi connectivity index (χ2n) is 5.31. The van der Waals surface area contributed by atoms with E-state index in [4.69, 9.17) is 5.11 Å². The first-order valence-corrected chi connectivity index (χ1v) is 6.80. The van der Waals surface area contributed by atoms with Crippen LogP contribution >= 0.6 is 0 Å². The summed E-state index contributed by atoms with van der Waals surface area (Å²) >= 11 is 0. The van der Waals surface area contributed by atoms with E-state index < -0.39 is 5.97 Å². The quantitative estimate of drug-likeness (QED) is 0.928. The zero-order valence-corrected chi connectivity index (χ0v) is 11.5. The number of carboxylic acid groups (broad SMARTS) is 1. The van der Waals surface area contributed by atoms with Crippen molar-refractivity contribution in [2.45, 2.75) is 19.9 Å². The summed E-state index contributed by atoms with van der Waals surface area (Å²) in [7, 11) is 0. The van der Waals surface area contributed by atoms with Gasteiger partial charge in [-0.15, -0.1) is 0 Å². The number of aryl methyl sites for hydroxylation is 1. The highest BCUT2D eigenvalue weighted by Gasteiger charge is 2.19. The Morgan fingerprint density at radius 2 is 2.10 bits per heavy atom. The van der Waals surface area contributed by atoms with Gasteiger partial charge in [-0.3, -0.25) is 0 Å². The van der Waals surface area contributed by atoms with Crippen molar-refractivity contribution in [3.8, 4) is 0 Å². The molecule has 102 valence electrons. The fourth-order valence-electron chi connectivity index (χ4n) is 2.79. The predicted molar refractivity (Wildman–Crippen MR) is 79.3 cm³/mol. The van der Waals surface area contributed by atoms with E-state index in [1.165, 1.54) is 16.8 Å². The van der Waals surface area contributed by atoms with Gasteiger partial charge < -0.3 is 10.0 Å². The van der Waals surface area contributed by atoms with Crippen LogP contribution in [0.1, 0.15) is 27.0 Å². The second kappa shape index (κ2) is 5.00. The molecule has 2 aromatic rings. The molecular weight excluding hydrogens is 250 g/mol. The predicted octanol–water partition coefficient (Wildman–Crippen LogP) is 3.26. The van der Waals surface area contributed by atoms with Crippen LogP contribution in [0.15, 0.2) is 42.5 Å². The maximum absolute atomic E-state index is 11.0. The minimum absolute atomic E-state index is 0.353. The molecule has 2 aromatic carbocycles. The smallest absolute Gasteiger partial charge is 0.335 e. The van der Waals surface area contributed by atoms with Crippen LogP contribution in [0.5, 0.6) is 0 Å². The molecule has 0 radical (unpaired) electrons. The topological polar surface area (TPSA) is 40.5 Å². The minimum atomic E-state index is -0.871. The van der Waals surface area contributed by atoms with Crippen molar-refractivity contribution in [3.63, 3.8) is 0 Å². The molecule has 1 N–H and O–H groups in total. The van der Waals surface area contributed by atoms with Crippen LogP contribution in [0, 0.1) is 6.92 Å². The molecular formula is C17H17NO2. The number of rotatable bonds is 3. The average molecular weight is 267 g/mol. The summed E-state index contributed by atoms with van der Waals surface area (Å²) in [5, 5.41) is 9.04. The average Bonchev–Trinajstić information content (AvgIpc) is 2.81. The number of fused-ring (bicyclic) bond motifs is 1. The van der Waals surface area contributed by atoms with Gasteiger partial charge in [-0.05, 0) is 42.7 Å². The standard InChI is InChI=1S/C17H17NO2/c1-12-5-6-16-14(9-12)7-8-18(16)11-13-3-2-4-15(10-13)17(19)20/h2-6,9-10H,7-8,11H2,1H3,(H,19,20). The van der Waals surface area contributed by atoms with E-state index >= 15 is 0 Å². The SMILES string of the molecule is Cc1ccc2c(c1)CCN2Cc1cccc(C(=O)O)c1. The molecule has 3 nitrogen and oxygen atoms in total. The molecule has 0 amide bonds. The normalized spacial score (nSPS) is 13.3. The van der Waals surface area contributed by atoms with Gasteiger partial charge in [0.15, 0.2) is 0 Å². The number of benzene rings is 2. The maximum Gasteiger partial charge on any atom is 0.335 e. The van der Waals surface area contributed by atoms with Crippen molar-refractivity contribution in [1.29, 1.82) is 0 Å². The molecule has 0 unspecified atom stereocenters. The Bertz CT molecular complexity index is 664. The maximum atomic E-state index is 11.0. The number of nitrogens with zero attached hydrogens (tertiary/aromatic N) is 1. The molecule has 0 spiro atoms. The second-order valence-corrected chi connectivity index (χ2v) is 5.31. The lowest BCUT2D eigenvalue weighted by molar-refractivity contribution is 0.0696. The van der Waals surface area contributed by atoms with Crippen molar-refractivity contribution in [1.82, 2.24) is 0 Å². The number of anilines is 1. The number of hydrogen-bond acceptors (Lipinski definition) is 2. The third-order valence-corrected chi connectivity index (χ3v) is 3.77. The molecule has 20 heavy (non-hydrogen) atoms. The van der Waals surface area contributed by atoms with E-state index in [9.17, 15) is 4.79 Å². The van der Waals surface area contributed by atoms with Gasteiger partial charge in [-0.25, -0.2) is 4.79 Å². The van der Waals surface area contributed by atoms with Crippen molar-refractivity contribution in [2.24, 2.45) is 0 Å². The Kier molecular flexibility index (Phi) is 3.18. The van der Waals surface area contributed by atoms with Crippen molar-refractivity contribution in [2.75, 3.05) is 11.4 Å². The van der Waals surface area contributed by atoms with Gasteiger partial charge in [-0.1, -0.05) is 29.8 Å². The van der Waals surface area contributed by atoms with Crippen LogP contribution in [0.25, 0.3) is 0 Å². The summed E-state index contributed by atoms with van der Waals surface area (Å²) in [5.41, 5.74) is 5.35. The Labute approximate surface area is 118 Å². The summed E-state index contributed by atoms with van der Waals surface area (Å²) < 4.78 is 0. The van der Waals surface area contributed by atoms with Crippen LogP contribution in [-0.2, 0) is 13.0 Å². The van der Waals surface area contributed by atoms with Gasteiger partial charge in [0, 0.05) is 18.8 Å². The Morgan fingerprint density at radius 3 is 2.90 bits per heavy atom. The van der Waals surface area contributed by atoms with E-state index in [1.807, 2.05) is 12.1 Å². The molecule has 0 bridgehead atoms. The molecule has 3 rings (SSSR count). The highest BCUT2D eigenvalue weighted by atomic mass is 16.4.